The number of hydrogen-bond acceptors (Lipinski definition) is 4. The maximum atomic E-state index is 12.6. The molecule has 0 spiro atoms. The first kappa shape index (κ1) is 16.1. The summed E-state index contributed by atoms with van der Waals surface area (Å²) < 4.78 is 10.7. The molecular weight excluding hydrogens is 292 g/mol. The second kappa shape index (κ2) is 6.79. The fourth-order valence-corrected chi connectivity index (χ4v) is 3.33. The SMILES string of the molecule is COc1cc(C(=O)NC2CCN(C3CC3)CC2)cc(OC)c1C. The molecule has 1 aliphatic heterocycles. The van der Waals surface area contributed by atoms with Crippen molar-refractivity contribution >= 4 is 5.91 Å². The number of amides is 1. The molecule has 1 saturated carbocycles. The van der Waals surface area contributed by atoms with E-state index in [-0.39, 0.29) is 11.9 Å². The number of carbonyl (C=O) groups is 1. The van der Waals surface area contributed by atoms with Crippen molar-refractivity contribution in [3.8, 4) is 11.5 Å². The highest BCUT2D eigenvalue weighted by molar-refractivity contribution is 5.95. The Morgan fingerprint density at radius 1 is 1.09 bits per heavy atom. The number of carbonyl (C=O) groups excluding carboxylic acids is 1. The van der Waals surface area contributed by atoms with E-state index in [4.69, 9.17) is 9.47 Å². The molecule has 2 fully saturated rings. The lowest BCUT2D eigenvalue weighted by molar-refractivity contribution is 0.0908. The Hall–Kier alpha value is -1.75. The van der Waals surface area contributed by atoms with Gasteiger partial charge in [0.1, 0.15) is 11.5 Å². The van der Waals surface area contributed by atoms with Gasteiger partial charge in [-0.25, -0.2) is 0 Å². The van der Waals surface area contributed by atoms with E-state index < -0.39 is 0 Å². The van der Waals surface area contributed by atoms with Crippen LogP contribution in [0.15, 0.2) is 12.1 Å². The molecule has 0 radical (unpaired) electrons. The van der Waals surface area contributed by atoms with E-state index in [9.17, 15) is 4.79 Å². The molecule has 1 amide bonds. The summed E-state index contributed by atoms with van der Waals surface area (Å²) in [4.78, 5) is 15.1. The van der Waals surface area contributed by atoms with Crippen molar-refractivity contribution in [3.63, 3.8) is 0 Å². The minimum atomic E-state index is -0.0496. The van der Waals surface area contributed by atoms with E-state index in [2.05, 4.69) is 10.2 Å². The average Bonchev–Trinajstić information content (AvgIpc) is 3.40. The first-order valence-electron chi connectivity index (χ1n) is 8.40. The van der Waals surface area contributed by atoms with Gasteiger partial charge >= 0.3 is 0 Å². The van der Waals surface area contributed by atoms with Gasteiger partial charge in [0, 0.05) is 36.3 Å². The van der Waals surface area contributed by atoms with E-state index in [1.54, 1.807) is 26.4 Å². The van der Waals surface area contributed by atoms with Gasteiger partial charge in [-0.2, -0.15) is 0 Å². The molecule has 23 heavy (non-hydrogen) atoms. The van der Waals surface area contributed by atoms with Crippen LogP contribution in [0.5, 0.6) is 11.5 Å². The normalized spacial score (nSPS) is 19.4. The summed E-state index contributed by atoms with van der Waals surface area (Å²) >= 11 is 0. The third kappa shape index (κ3) is 3.61. The van der Waals surface area contributed by atoms with E-state index in [0.29, 0.717) is 17.1 Å². The van der Waals surface area contributed by atoms with Gasteiger partial charge in [0.25, 0.3) is 5.91 Å². The molecule has 0 aromatic heterocycles. The standard InChI is InChI=1S/C18H26N2O3/c1-12-16(22-2)10-13(11-17(12)23-3)18(21)19-14-6-8-20(9-7-14)15-4-5-15/h10-11,14-15H,4-9H2,1-3H3,(H,19,21). The summed E-state index contributed by atoms with van der Waals surface area (Å²) in [7, 11) is 3.22. The Kier molecular flexibility index (Phi) is 4.76. The van der Waals surface area contributed by atoms with E-state index in [0.717, 1.165) is 37.5 Å². The Morgan fingerprint density at radius 3 is 2.13 bits per heavy atom. The summed E-state index contributed by atoms with van der Waals surface area (Å²) in [5.74, 6) is 1.31. The highest BCUT2D eigenvalue weighted by Crippen LogP contribution is 2.31. The number of piperidine rings is 1. The zero-order valence-electron chi connectivity index (χ0n) is 14.2. The molecule has 3 rings (SSSR count). The Balaban J connectivity index is 1.63. The molecular formula is C18H26N2O3. The van der Waals surface area contributed by atoms with Crippen molar-refractivity contribution in [3.05, 3.63) is 23.3 Å². The third-order valence-electron chi connectivity index (χ3n) is 4.94. The predicted molar refractivity (Wildman–Crippen MR) is 89.4 cm³/mol. The zero-order chi connectivity index (χ0) is 16.4. The van der Waals surface area contributed by atoms with Crippen LogP contribution in [-0.2, 0) is 0 Å². The lowest BCUT2D eigenvalue weighted by Gasteiger charge is -2.32. The molecule has 1 heterocycles. The Bertz CT molecular complexity index is 551. The molecule has 2 aliphatic rings. The Morgan fingerprint density at radius 2 is 1.65 bits per heavy atom. The summed E-state index contributed by atoms with van der Waals surface area (Å²) in [6, 6.07) is 4.65. The van der Waals surface area contributed by atoms with Gasteiger partial charge in [-0.3, -0.25) is 4.79 Å². The first-order valence-corrected chi connectivity index (χ1v) is 8.40. The number of likely N-dealkylation sites (tertiary alicyclic amines) is 1. The van der Waals surface area contributed by atoms with E-state index >= 15 is 0 Å². The smallest absolute Gasteiger partial charge is 0.251 e. The van der Waals surface area contributed by atoms with Crippen molar-refractivity contribution in [2.45, 2.75) is 44.7 Å². The van der Waals surface area contributed by atoms with Crippen LogP contribution in [0.4, 0.5) is 0 Å². The van der Waals surface area contributed by atoms with Gasteiger partial charge in [0.15, 0.2) is 0 Å². The van der Waals surface area contributed by atoms with Crippen molar-refractivity contribution in [1.29, 1.82) is 0 Å². The van der Waals surface area contributed by atoms with E-state index in [1.807, 2.05) is 6.92 Å². The minimum Gasteiger partial charge on any atom is -0.496 e. The first-order chi connectivity index (χ1) is 11.1. The summed E-state index contributed by atoms with van der Waals surface area (Å²) in [5.41, 5.74) is 1.50. The van der Waals surface area contributed by atoms with Gasteiger partial charge in [0.05, 0.1) is 14.2 Å². The van der Waals surface area contributed by atoms with Crippen LogP contribution in [0.1, 0.15) is 41.6 Å². The minimum absolute atomic E-state index is 0.0496. The molecule has 1 aromatic rings. The largest absolute Gasteiger partial charge is 0.496 e. The zero-order valence-corrected chi connectivity index (χ0v) is 14.2. The highest BCUT2D eigenvalue weighted by atomic mass is 16.5. The topological polar surface area (TPSA) is 50.8 Å². The Labute approximate surface area is 137 Å². The predicted octanol–water partition coefficient (Wildman–Crippen LogP) is 2.37. The fourth-order valence-electron chi connectivity index (χ4n) is 3.33. The number of benzene rings is 1. The van der Waals surface area contributed by atoms with Gasteiger partial charge < -0.3 is 19.7 Å². The molecule has 1 saturated heterocycles. The third-order valence-corrected chi connectivity index (χ3v) is 4.94. The molecule has 126 valence electrons. The lowest BCUT2D eigenvalue weighted by Crippen LogP contribution is -2.45. The van der Waals surface area contributed by atoms with Crippen molar-refractivity contribution < 1.29 is 14.3 Å². The van der Waals surface area contributed by atoms with Crippen LogP contribution in [0, 0.1) is 6.92 Å². The van der Waals surface area contributed by atoms with Crippen molar-refractivity contribution in [2.75, 3.05) is 27.3 Å². The maximum absolute atomic E-state index is 12.6. The maximum Gasteiger partial charge on any atom is 0.251 e. The van der Waals surface area contributed by atoms with E-state index in [1.165, 1.54) is 12.8 Å². The van der Waals surface area contributed by atoms with Crippen LogP contribution in [0.2, 0.25) is 0 Å². The number of nitrogens with one attached hydrogen (secondary N) is 1. The molecule has 1 aliphatic carbocycles. The molecule has 0 bridgehead atoms. The van der Waals surface area contributed by atoms with Crippen LogP contribution >= 0.6 is 0 Å². The lowest BCUT2D eigenvalue weighted by atomic mass is 10.0. The van der Waals surface area contributed by atoms with Crippen molar-refractivity contribution in [1.82, 2.24) is 10.2 Å². The average molecular weight is 318 g/mol. The van der Waals surface area contributed by atoms with Crippen molar-refractivity contribution in [2.24, 2.45) is 0 Å². The summed E-state index contributed by atoms with van der Waals surface area (Å²) in [6.45, 7) is 4.11. The van der Waals surface area contributed by atoms with Gasteiger partial charge in [-0.15, -0.1) is 0 Å². The second-order valence-electron chi connectivity index (χ2n) is 6.52. The number of nitrogens with zero attached hydrogens (tertiary/aromatic N) is 1. The second-order valence-corrected chi connectivity index (χ2v) is 6.52. The molecule has 5 nitrogen and oxygen atoms in total. The van der Waals surface area contributed by atoms with Crippen LogP contribution in [0.3, 0.4) is 0 Å². The number of hydrogen-bond donors (Lipinski definition) is 1. The molecule has 0 atom stereocenters. The molecule has 0 unspecified atom stereocenters. The van der Waals surface area contributed by atoms with Crippen LogP contribution in [0.25, 0.3) is 0 Å². The fraction of sp³-hybridized carbons (Fsp3) is 0.611. The quantitative estimate of drug-likeness (QED) is 0.905. The molecule has 1 N–H and O–H groups in total. The summed E-state index contributed by atoms with van der Waals surface area (Å²) in [5, 5.41) is 3.16. The molecule has 1 aromatic carbocycles. The van der Waals surface area contributed by atoms with Gasteiger partial charge in [0.2, 0.25) is 0 Å². The number of methoxy groups -OCH3 is 2. The number of rotatable bonds is 5. The number of ether oxygens (including phenoxy) is 2. The van der Waals surface area contributed by atoms with Crippen LogP contribution in [-0.4, -0.2) is 50.2 Å². The van der Waals surface area contributed by atoms with Gasteiger partial charge in [-0.1, -0.05) is 0 Å². The molecule has 5 heteroatoms. The van der Waals surface area contributed by atoms with Crippen LogP contribution < -0.4 is 14.8 Å². The highest BCUT2D eigenvalue weighted by Gasteiger charge is 2.32. The monoisotopic (exact) mass is 318 g/mol. The van der Waals surface area contributed by atoms with Gasteiger partial charge in [-0.05, 0) is 44.7 Å². The summed E-state index contributed by atoms with van der Waals surface area (Å²) in [6.07, 6.45) is 4.75.